The molecule has 0 bridgehead atoms. The van der Waals surface area contributed by atoms with Crippen LogP contribution in [0.1, 0.15) is 43.2 Å². The Bertz CT molecular complexity index is 1110. The van der Waals surface area contributed by atoms with Crippen molar-refractivity contribution in [3.05, 3.63) is 71.3 Å². The molecule has 0 aliphatic carbocycles. The summed E-state index contributed by atoms with van der Waals surface area (Å²) in [6.45, 7) is 10.5. The molecule has 6 heteroatoms. The van der Waals surface area contributed by atoms with Crippen LogP contribution in [0.5, 0.6) is 5.75 Å². The first-order valence-corrected chi connectivity index (χ1v) is 10.5. The summed E-state index contributed by atoms with van der Waals surface area (Å²) < 4.78 is 6.25. The van der Waals surface area contributed by atoms with Crippen molar-refractivity contribution in [3.63, 3.8) is 0 Å². The van der Waals surface area contributed by atoms with E-state index in [0.717, 1.165) is 44.7 Å². The van der Waals surface area contributed by atoms with Gasteiger partial charge in [-0.25, -0.2) is 4.98 Å². The maximum Gasteiger partial charge on any atom is 0.222 e. The van der Waals surface area contributed by atoms with E-state index in [9.17, 15) is 4.79 Å². The van der Waals surface area contributed by atoms with E-state index in [2.05, 4.69) is 15.6 Å². The molecule has 31 heavy (non-hydrogen) atoms. The number of ether oxygens (including phenoxy) is 1. The molecule has 1 amide bonds. The van der Waals surface area contributed by atoms with E-state index in [0.29, 0.717) is 13.2 Å². The Labute approximate surface area is 183 Å². The van der Waals surface area contributed by atoms with Crippen LogP contribution < -0.4 is 15.4 Å². The molecule has 6 nitrogen and oxygen atoms in total. The van der Waals surface area contributed by atoms with Gasteiger partial charge in [-0.3, -0.25) is 9.78 Å². The maximum atomic E-state index is 12.0. The van der Waals surface area contributed by atoms with Gasteiger partial charge in [0.2, 0.25) is 5.91 Å². The van der Waals surface area contributed by atoms with Crippen LogP contribution in [-0.4, -0.2) is 15.9 Å². The molecular weight excluding hydrogens is 388 g/mol. The quantitative estimate of drug-likeness (QED) is 0.536. The van der Waals surface area contributed by atoms with E-state index in [1.807, 2.05) is 77.4 Å². The van der Waals surface area contributed by atoms with Crippen LogP contribution >= 0.6 is 0 Å². The first-order valence-electron chi connectivity index (χ1n) is 10.5. The molecule has 0 aliphatic heterocycles. The van der Waals surface area contributed by atoms with Gasteiger partial charge in [0.1, 0.15) is 17.9 Å². The minimum Gasteiger partial charge on any atom is -0.487 e. The number of carbonyl (C=O) groups is 1. The van der Waals surface area contributed by atoms with Crippen LogP contribution in [0, 0.1) is 19.8 Å². The number of anilines is 1. The summed E-state index contributed by atoms with van der Waals surface area (Å²) in [7, 11) is 0. The smallest absolute Gasteiger partial charge is 0.222 e. The lowest BCUT2D eigenvalue weighted by Crippen LogP contribution is -2.27. The van der Waals surface area contributed by atoms with Crippen molar-refractivity contribution in [3.8, 4) is 5.75 Å². The standard InChI is InChI=1S/C25H30N4O2/c1-6-10-27-22-11-18(5)29-24-20(22)8-7-9-23(24)31-15-21-17(4)12-26-13-19(21)14-28-25(30)16(2)3/h6-13,16H,14-15H2,1-5H3,(H,27,29)(H,28,30)/b10-6-. The van der Waals surface area contributed by atoms with Gasteiger partial charge < -0.3 is 15.4 Å². The second kappa shape index (κ2) is 10.1. The summed E-state index contributed by atoms with van der Waals surface area (Å²) in [5.74, 6) is 0.675. The normalized spacial score (nSPS) is 11.3. The van der Waals surface area contributed by atoms with Crippen molar-refractivity contribution < 1.29 is 9.53 Å². The largest absolute Gasteiger partial charge is 0.487 e. The van der Waals surface area contributed by atoms with E-state index < -0.39 is 0 Å². The Hall–Kier alpha value is -3.41. The van der Waals surface area contributed by atoms with Crippen LogP contribution in [-0.2, 0) is 17.9 Å². The van der Waals surface area contributed by atoms with Crippen LogP contribution in [0.4, 0.5) is 5.69 Å². The molecule has 2 heterocycles. The highest BCUT2D eigenvalue weighted by Gasteiger charge is 2.13. The van der Waals surface area contributed by atoms with Gasteiger partial charge in [0, 0.05) is 47.2 Å². The van der Waals surface area contributed by atoms with Crippen LogP contribution in [0.2, 0.25) is 0 Å². The molecule has 0 fully saturated rings. The lowest BCUT2D eigenvalue weighted by atomic mass is 10.1. The zero-order valence-corrected chi connectivity index (χ0v) is 18.8. The summed E-state index contributed by atoms with van der Waals surface area (Å²) in [5, 5.41) is 7.27. The van der Waals surface area contributed by atoms with Gasteiger partial charge in [0.15, 0.2) is 0 Å². The van der Waals surface area contributed by atoms with E-state index >= 15 is 0 Å². The summed E-state index contributed by atoms with van der Waals surface area (Å²) >= 11 is 0. The van der Waals surface area contributed by atoms with Crippen LogP contribution in [0.15, 0.2) is 48.9 Å². The number of aromatic nitrogens is 2. The molecule has 0 atom stereocenters. The van der Waals surface area contributed by atoms with E-state index in [4.69, 9.17) is 9.72 Å². The fourth-order valence-corrected chi connectivity index (χ4v) is 3.30. The summed E-state index contributed by atoms with van der Waals surface area (Å²) in [4.78, 5) is 21.0. The number of carbonyl (C=O) groups excluding carboxylic acids is 1. The van der Waals surface area contributed by atoms with E-state index in [1.54, 1.807) is 6.20 Å². The van der Waals surface area contributed by atoms with Gasteiger partial charge >= 0.3 is 0 Å². The predicted octanol–water partition coefficient (Wildman–Crippen LogP) is 5.04. The van der Waals surface area contributed by atoms with Crippen molar-refractivity contribution in [2.45, 2.75) is 47.8 Å². The lowest BCUT2D eigenvalue weighted by Gasteiger charge is -2.16. The van der Waals surface area contributed by atoms with Gasteiger partial charge in [0.25, 0.3) is 0 Å². The number of hydrogen-bond acceptors (Lipinski definition) is 5. The van der Waals surface area contributed by atoms with Gasteiger partial charge in [0.05, 0.1) is 0 Å². The van der Waals surface area contributed by atoms with Gasteiger partial charge in [-0.1, -0.05) is 32.1 Å². The summed E-state index contributed by atoms with van der Waals surface area (Å²) in [6, 6.07) is 7.96. The van der Waals surface area contributed by atoms with E-state index in [1.165, 1.54) is 0 Å². The third-order valence-corrected chi connectivity index (χ3v) is 5.05. The molecule has 0 saturated carbocycles. The van der Waals surface area contributed by atoms with Crippen molar-refractivity contribution >= 4 is 22.5 Å². The number of amides is 1. The molecule has 0 radical (unpaired) electrons. The molecule has 1 aromatic carbocycles. The number of rotatable bonds is 8. The minimum absolute atomic E-state index is 0.0169. The Morgan fingerprint density at radius 3 is 2.77 bits per heavy atom. The molecule has 0 unspecified atom stereocenters. The second-order valence-electron chi connectivity index (χ2n) is 7.86. The number of hydrogen-bond donors (Lipinski definition) is 2. The van der Waals surface area contributed by atoms with Crippen LogP contribution in [0.25, 0.3) is 10.9 Å². The second-order valence-corrected chi connectivity index (χ2v) is 7.86. The molecule has 162 valence electrons. The number of aryl methyl sites for hydroxylation is 2. The molecule has 0 spiro atoms. The van der Waals surface area contributed by atoms with Crippen molar-refractivity contribution in [1.82, 2.24) is 15.3 Å². The number of nitrogens with one attached hydrogen (secondary N) is 2. The summed E-state index contributed by atoms with van der Waals surface area (Å²) in [5.41, 5.74) is 5.72. The average molecular weight is 419 g/mol. The number of allylic oxidation sites excluding steroid dienone is 1. The zero-order valence-electron chi connectivity index (χ0n) is 18.8. The highest BCUT2D eigenvalue weighted by atomic mass is 16.5. The van der Waals surface area contributed by atoms with E-state index in [-0.39, 0.29) is 11.8 Å². The molecular formula is C25H30N4O2. The monoisotopic (exact) mass is 418 g/mol. The minimum atomic E-state index is -0.0622. The van der Waals surface area contributed by atoms with Crippen molar-refractivity contribution in [1.29, 1.82) is 0 Å². The fraction of sp³-hybridized carbons (Fsp3) is 0.320. The number of fused-ring (bicyclic) bond motifs is 1. The van der Waals surface area contributed by atoms with Crippen molar-refractivity contribution in [2.75, 3.05) is 5.32 Å². The predicted molar refractivity (Wildman–Crippen MR) is 125 cm³/mol. The lowest BCUT2D eigenvalue weighted by molar-refractivity contribution is -0.124. The van der Waals surface area contributed by atoms with Gasteiger partial charge in [-0.15, -0.1) is 0 Å². The Morgan fingerprint density at radius 1 is 1.23 bits per heavy atom. The van der Waals surface area contributed by atoms with Gasteiger partial charge in [-0.05, 0) is 50.2 Å². The molecule has 2 N–H and O–H groups in total. The summed E-state index contributed by atoms with van der Waals surface area (Å²) in [6.07, 6.45) is 7.46. The Kier molecular flexibility index (Phi) is 7.23. The molecule has 3 aromatic rings. The highest BCUT2D eigenvalue weighted by Crippen LogP contribution is 2.31. The SMILES string of the molecule is C/C=C\Nc1cc(C)nc2c(OCc3c(C)cncc3CNC(=O)C(C)C)cccc12. The third kappa shape index (κ3) is 5.40. The number of para-hydroxylation sites is 1. The highest BCUT2D eigenvalue weighted by molar-refractivity contribution is 5.95. The number of benzene rings is 1. The molecule has 0 aliphatic rings. The first-order chi connectivity index (χ1) is 14.9. The Morgan fingerprint density at radius 2 is 2.03 bits per heavy atom. The Balaban J connectivity index is 1.88. The number of pyridine rings is 2. The molecule has 0 saturated heterocycles. The third-order valence-electron chi connectivity index (χ3n) is 5.05. The molecule has 3 rings (SSSR count). The maximum absolute atomic E-state index is 12.0. The van der Waals surface area contributed by atoms with Crippen LogP contribution in [0.3, 0.4) is 0 Å². The zero-order chi connectivity index (χ0) is 22.4. The first kappa shape index (κ1) is 22.3. The molecule has 2 aromatic heterocycles. The fourth-order valence-electron chi connectivity index (χ4n) is 3.30. The topological polar surface area (TPSA) is 76.1 Å². The van der Waals surface area contributed by atoms with Gasteiger partial charge in [-0.2, -0.15) is 0 Å². The number of nitrogens with zero attached hydrogens (tertiary/aromatic N) is 2. The van der Waals surface area contributed by atoms with Crippen molar-refractivity contribution in [2.24, 2.45) is 5.92 Å². The average Bonchev–Trinajstić information content (AvgIpc) is 2.75.